The minimum absolute atomic E-state index is 0. The monoisotopic (exact) mass is 486 g/mol. The molecule has 6 nitrogen and oxygen atoms in total. The molecule has 2 heterocycles. The summed E-state index contributed by atoms with van der Waals surface area (Å²) >= 11 is 0. The van der Waals surface area contributed by atoms with E-state index in [9.17, 15) is 8.78 Å². The maximum absolute atomic E-state index is 13.6. The molecule has 3 aromatic rings. The molecule has 0 bridgehead atoms. The van der Waals surface area contributed by atoms with Crippen LogP contribution < -0.4 is 10.6 Å². The van der Waals surface area contributed by atoms with E-state index >= 15 is 0 Å². The second-order valence-electron chi connectivity index (χ2n) is 5.74. The summed E-state index contributed by atoms with van der Waals surface area (Å²) in [6.07, 6.45) is 3.52. The van der Waals surface area contributed by atoms with Crippen molar-refractivity contribution >= 4 is 35.6 Å². The van der Waals surface area contributed by atoms with E-state index in [1.165, 1.54) is 6.07 Å². The average Bonchev–Trinajstić information content (AvgIpc) is 3.07. The van der Waals surface area contributed by atoms with Crippen molar-refractivity contribution in [1.29, 1.82) is 0 Å². The number of nitrogens with one attached hydrogen (secondary N) is 2. The van der Waals surface area contributed by atoms with Crippen molar-refractivity contribution in [2.75, 3.05) is 13.6 Å². The number of fused-ring (bicyclic) bond motifs is 1. The Morgan fingerprint density at radius 3 is 2.81 bits per heavy atom. The molecule has 144 valence electrons. The van der Waals surface area contributed by atoms with Gasteiger partial charge in [-0.05, 0) is 36.8 Å². The molecular formula is C18H21F2IN6. The summed E-state index contributed by atoms with van der Waals surface area (Å²) in [5.74, 6) is 0.506. The van der Waals surface area contributed by atoms with Crippen LogP contribution >= 0.6 is 24.0 Å². The normalized spacial score (nSPS) is 11.3. The van der Waals surface area contributed by atoms with Crippen molar-refractivity contribution in [3.05, 3.63) is 65.6 Å². The molecule has 2 aromatic heterocycles. The zero-order valence-corrected chi connectivity index (χ0v) is 17.2. The molecule has 0 radical (unpaired) electrons. The van der Waals surface area contributed by atoms with Crippen molar-refractivity contribution in [1.82, 2.24) is 25.2 Å². The van der Waals surface area contributed by atoms with Gasteiger partial charge in [0.1, 0.15) is 17.5 Å². The molecule has 27 heavy (non-hydrogen) atoms. The van der Waals surface area contributed by atoms with Crippen molar-refractivity contribution < 1.29 is 8.78 Å². The molecule has 0 aliphatic carbocycles. The number of aryl methyl sites for hydroxylation is 1. The Hall–Kier alpha value is -2.30. The van der Waals surface area contributed by atoms with E-state index in [2.05, 4.69) is 25.8 Å². The molecule has 0 amide bonds. The zero-order valence-electron chi connectivity index (χ0n) is 14.8. The van der Waals surface area contributed by atoms with Crippen LogP contribution in [0.2, 0.25) is 0 Å². The van der Waals surface area contributed by atoms with Crippen molar-refractivity contribution in [3.8, 4) is 0 Å². The Kier molecular flexibility index (Phi) is 7.89. The lowest BCUT2D eigenvalue weighted by molar-refractivity contribution is 0.581. The molecule has 0 atom stereocenters. The van der Waals surface area contributed by atoms with Gasteiger partial charge in [-0.1, -0.05) is 6.07 Å². The topological polar surface area (TPSA) is 66.6 Å². The first-order valence-corrected chi connectivity index (χ1v) is 8.34. The summed E-state index contributed by atoms with van der Waals surface area (Å²) in [6.45, 7) is 0.811. The van der Waals surface area contributed by atoms with Gasteiger partial charge >= 0.3 is 0 Å². The molecule has 0 aliphatic rings. The maximum atomic E-state index is 13.6. The third kappa shape index (κ3) is 5.59. The third-order valence-electron chi connectivity index (χ3n) is 3.93. The molecule has 0 unspecified atom stereocenters. The van der Waals surface area contributed by atoms with Crippen LogP contribution in [0.4, 0.5) is 8.78 Å². The van der Waals surface area contributed by atoms with Gasteiger partial charge in [0.15, 0.2) is 11.6 Å². The Morgan fingerprint density at radius 1 is 1.15 bits per heavy atom. The lowest BCUT2D eigenvalue weighted by Crippen LogP contribution is -2.37. The van der Waals surface area contributed by atoms with Crippen molar-refractivity contribution in [2.45, 2.75) is 19.4 Å². The largest absolute Gasteiger partial charge is 0.356 e. The minimum atomic E-state index is -0.466. The first-order chi connectivity index (χ1) is 12.7. The lowest BCUT2D eigenvalue weighted by Gasteiger charge is -2.12. The number of aromatic nitrogens is 3. The number of benzene rings is 1. The highest BCUT2D eigenvalue weighted by molar-refractivity contribution is 14.0. The molecule has 0 saturated heterocycles. The fraction of sp³-hybridized carbons (Fsp3) is 0.278. The fourth-order valence-electron chi connectivity index (χ4n) is 2.59. The highest BCUT2D eigenvalue weighted by Crippen LogP contribution is 2.09. The molecule has 2 N–H and O–H groups in total. The minimum Gasteiger partial charge on any atom is -0.356 e. The molecule has 0 spiro atoms. The fourth-order valence-corrected chi connectivity index (χ4v) is 2.59. The summed E-state index contributed by atoms with van der Waals surface area (Å²) in [5, 5.41) is 14.4. The number of guanidine groups is 1. The second-order valence-corrected chi connectivity index (χ2v) is 5.74. The number of halogens is 3. The molecule has 0 aliphatic heterocycles. The van der Waals surface area contributed by atoms with Gasteiger partial charge in [-0.3, -0.25) is 9.39 Å². The van der Waals surface area contributed by atoms with Crippen molar-refractivity contribution in [3.63, 3.8) is 0 Å². The number of hydrogen-bond donors (Lipinski definition) is 2. The van der Waals surface area contributed by atoms with Crippen LogP contribution in [0.25, 0.3) is 5.65 Å². The number of aliphatic imine (C=N–C) groups is 1. The average molecular weight is 486 g/mol. The lowest BCUT2D eigenvalue weighted by atomic mass is 10.2. The molecule has 1 aromatic carbocycles. The first kappa shape index (κ1) is 21.0. The van der Waals surface area contributed by atoms with E-state index in [0.29, 0.717) is 12.5 Å². The Balaban J connectivity index is 0.00000261. The molecular weight excluding hydrogens is 465 g/mol. The number of hydrogen-bond acceptors (Lipinski definition) is 3. The van der Waals surface area contributed by atoms with Gasteiger partial charge in [0.05, 0.1) is 0 Å². The third-order valence-corrected chi connectivity index (χ3v) is 3.93. The smallest absolute Gasteiger partial charge is 0.191 e. The number of pyridine rings is 1. The Morgan fingerprint density at radius 2 is 2.00 bits per heavy atom. The predicted molar refractivity (Wildman–Crippen MR) is 111 cm³/mol. The van der Waals surface area contributed by atoms with Crippen LogP contribution in [-0.2, 0) is 13.0 Å². The molecule has 3 rings (SSSR count). The van der Waals surface area contributed by atoms with Crippen LogP contribution in [0.15, 0.2) is 47.6 Å². The molecule has 0 saturated carbocycles. The van der Waals surface area contributed by atoms with E-state index in [1.807, 2.05) is 28.8 Å². The second kappa shape index (κ2) is 10.1. The van der Waals surface area contributed by atoms with Gasteiger partial charge in [0, 0.05) is 38.3 Å². The first-order valence-electron chi connectivity index (χ1n) is 8.34. The van der Waals surface area contributed by atoms with E-state index in [0.717, 1.165) is 36.4 Å². The highest BCUT2D eigenvalue weighted by atomic mass is 127. The summed E-state index contributed by atoms with van der Waals surface area (Å²) in [4.78, 5) is 4.08. The zero-order chi connectivity index (χ0) is 18.4. The van der Waals surface area contributed by atoms with E-state index in [1.54, 1.807) is 7.05 Å². The summed E-state index contributed by atoms with van der Waals surface area (Å²) < 4.78 is 28.8. The van der Waals surface area contributed by atoms with Gasteiger partial charge in [0.25, 0.3) is 0 Å². The summed E-state index contributed by atoms with van der Waals surface area (Å²) in [5.41, 5.74) is 1.08. The number of nitrogens with zero attached hydrogens (tertiary/aromatic N) is 4. The SMILES string of the molecule is CN=C(NCCCc1nnc2ccccn12)NCc1cc(F)ccc1F.I. The van der Waals surface area contributed by atoms with Gasteiger partial charge in [-0.15, -0.1) is 34.2 Å². The van der Waals surface area contributed by atoms with Crippen LogP contribution in [-0.4, -0.2) is 34.2 Å². The standard InChI is InChI=1S/C18H20F2N6.HI/c1-21-18(23-12-13-11-14(19)7-8-15(13)20)22-9-4-6-17-25-24-16-5-2-3-10-26(16)17;/h2-3,5,7-8,10-11H,4,6,9,12H2,1H3,(H2,21,22,23);1H. The maximum Gasteiger partial charge on any atom is 0.191 e. The van der Waals surface area contributed by atoms with E-state index < -0.39 is 11.6 Å². The number of rotatable bonds is 6. The Bertz CT molecular complexity index is 912. The van der Waals surface area contributed by atoms with E-state index in [4.69, 9.17) is 0 Å². The van der Waals surface area contributed by atoms with Gasteiger partial charge in [0.2, 0.25) is 0 Å². The van der Waals surface area contributed by atoms with Crippen LogP contribution in [0.5, 0.6) is 0 Å². The van der Waals surface area contributed by atoms with Gasteiger partial charge in [-0.25, -0.2) is 8.78 Å². The Labute approximate surface area is 173 Å². The van der Waals surface area contributed by atoms with Crippen LogP contribution in [0, 0.1) is 11.6 Å². The quantitative estimate of drug-likeness (QED) is 0.244. The van der Waals surface area contributed by atoms with Crippen molar-refractivity contribution in [2.24, 2.45) is 4.99 Å². The highest BCUT2D eigenvalue weighted by Gasteiger charge is 2.06. The molecule has 9 heteroatoms. The molecule has 0 fully saturated rings. The van der Waals surface area contributed by atoms with E-state index in [-0.39, 0.29) is 36.1 Å². The van der Waals surface area contributed by atoms with Crippen LogP contribution in [0.1, 0.15) is 17.8 Å². The summed E-state index contributed by atoms with van der Waals surface area (Å²) in [7, 11) is 1.63. The van der Waals surface area contributed by atoms with Gasteiger partial charge in [-0.2, -0.15) is 0 Å². The predicted octanol–water partition coefficient (Wildman–Crippen LogP) is 2.92. The summed E-state index contributed by atoms with van der Waals surface area (Å²) in [6, 6.07) is 9.16. The van der Waals surface area contributed by atoms with Gasteiger partial charge < -0.3 is 10.6 Å². The van der Waals surface area contributed by atoms with Crippen LogP contribution in [0.3, 0.4) is 0 Å².